The van der Waals surface area contributed by atoms with E-state index in [9.17, 15) is 9.00 Å². The fourth-order valence-electron chi connectivity index (χ4n) is 3.09. The highest BCUT2D eigenvalue weighted by molar-refractivity contribution is 7.84. The van der Waals surface area contributed by atoms with Crippen LogP contribution in [0.5, 0.6) is 0 Å². The van der Waals surface area contributed by atoms with Gasteiger partial charge in [0, 0.05) is 22.0 Å². The minimum absolute atomic E-state index is 0.0853. The van der Waals surface area contributed by atoms with E-state index in [4.69, 9.17) is 4.74 Å². The summed E-state index contributed by atoms with van der Waals surface area (Å²) in [7, 11) is -1.02. The average Bonchev–Trinajstić information content (AvgIpc) is 3.12. The number of esters is 1. The van der Waals surface area contributed by atoms with Crippen LogP contribution in [0.4, 0.5) is 0 Å². The molecule has 0 radical (unpaired) electrons. The first kappa shape index (κ1) is 21.0. The molecule has 0 spiro atoms. The van der Waals surface area contributed by atoms with Gasteiger partial charge in [0.25, 0.3) is 0 Å². The highest BCUT2D eigenvalue weighted by Crippen LogP contribution is 2.28. The second-order valence-corrected chi connectivity index (χ2v) is 8.51. The maximum absolute atomic E-state index is 12.0. The Morgan fingerprint density at radius 3 is 2.38 bits per heavy atom. The third-order valence-electron chi connectivity index (χ3n) is 4.65. The van der Waals surface area contributed by atoms with Crippen molar-refractivity contribution in [2.75, 3.05) is 12.9 Å². The van der Waals surface area contributed by atoms with Gasteiger partial charge in [0.15, 0.2) is 0 Å². The maximum atomic E-state index is 12.0. The summed E-state index contributed by atoms with van der Waals surface area (Å²) in [5.74, 6) is -0.0396. The van der Waals surface area contributed by atoms with Crippen molar-refractivity contribution in [2.45, 2.75) is 38.1 Å². The second kappa shape index (κ2) is 9.18. The van der Waals surface area contributed by atoms with E-state index in [1.165, 1.54) is 0 Å². The van der Waals surface area contributed by atoms with Crippen LogP contribution in [0.15, 0.2) is 59.5 Å². The molecule has 0 aliphatic carbocycles. The van der Waals surface area contributed by atoms with Crippen molar-refractivity contribution in [2.24, 2.45) is 0 Å². The van der Waals surface area contributed by atoms with Gasteiger partial charge in [-0.3, -0.25) is 13.7 Å². The molecule has 0 saturated carbocycles. The zero-order valence-electron chi connectivity index (χ0n) is 17.2. The Balaban J connectivity index is 1.94. The minimum Gasteiger partial charge on any atom is -0.465 e. The summed E-state index contributed by atoms with van der Waals surface area (Å²) in [6.45, 7) is 6.39. The maximum Gasteiger partial charge on any atom is 0.327 e. The molecule has 0 aliphatic heterocycles. The lowest BCUT2D eigenvalue weighted by Crippen LogP contribution is -2.15. The fraction of sp³-hybridized carbons (Fsp3) is 0.304. The van der Waals surface area contributed by atoms with Crippen molar-refractivity contribution in [1.29, 1.82) is 0 Å². The van der Waals surface area contributed by atoms with Crippen LogP contribution in [-0.4, -0.2) is 32.8 Å². The standard InChI is InChI=1S/C23H26N2O3S/c1-5-28-23(26)15-25-22(14-21(24-25)16(2)3)18-11-9-17(10-12-18)19-7-6-8-20(13-19)29(4)27/h6-14,16H,5,15H2,1-4H3. The number of carbonyl (C=O) groups is 1. The Labute approximate surface area is 174 Å². The van der Waals surface area contributed by atoms with E-state index < -0.39 is 10.8 Å². The van der Waals surface area contributed by atoms with Crippen LogP contribution in [0.2, 0.25) is 0 Å². The van der Waals surface area contributed by atoms with E-state index in [0.717, 1.165) is 33.0 Å². The number of carbonyl (C=O) groups excluding carboxylic acids is 1. The molecule has 0 amide bonds. The van der Waals surface area contributed by atoms with Crippen molar-refractivity contribution in [3.05, 3.63) is 60.3 Å². The lowest BCUT2D eigenvalue weighted by Gasteiger charge is -2.09. The summed E-state index contributed by atoms with van der Waals surface area (Å²) in [6.07, 6.45) is 1.68. The molecular weight excluding hydrogens is 384 g/mol. The van der Waals surface area contributed by atoms with E-state index in [1.807, 2.05) is 54.6 Å². The van der Waals surface area contributed by atoms with Crippen LogP contribution in [0.25, 0.3) is 22.4 Å². The van der Waals surface area contributed by atoms with Gasteiger partial charge in [-0.15, -0.1) is 0 Å². The first-order valence-corrected chi connectivity index (χ1v) is 11.2. The van der Waals surface area contributed by atoms with Crippen LogP contribution in [0.1, 0.15) is 32.4 Å². The Morgan fingerprint density at radius 2 is 1.76 bits per heavy atom. The van der Waals surface area contributed by atoms with E-state index in [0.29, 0.717) is 6.61 Å². The number of hydrogen-bond donors (Lipinski definition) is 0. The lowest BCUT2D eigenvalue weighted by molar-refractivity contribution is -0.144. The molecule has 152 valence electrons. The highest BCUT2D eigenvalue weighted by Gasteiger charge is 2.15. The molecule has 2 aromatic carbocycles. The molecule has 0 bridgehead atoms. The van der Waals surface area contributed by atoms with Crippen molar-refractivity contribution < 1.29 is 13.7 Å². The third-order valence-corrected chi connectivity index (χ3v) is 5.57. The number of nitrogens with zero attached hydrogens (tertiary/aromatic N) is 2. The molecule has 1 heterocycles. The van der Waals surface area contributed by atoms with E-state index in [1.54, 1.807) is 17.9 Å². The monoisotopic (exact) mass is 410 g/mol. The zero-order valence-corrected chi connectivity index (χ0v) is 18.0. The Hall–Kier alpha value is -2.73. The molecule has 0 N–H and O–H groups in total. The molecule has 3 aromatic rings. The first-order chi connectivity index (χ1) is 13.9. The van der Waals surface area contributed by atoms with Crippen molar-refractivity contribution in [3.8, 4) is 22.4 Å². The summed E-state index contributed by atoms with van der Waals surface area (Å²) in [6, 6.07) is 17.9. The summed E-state index contributed by atoms with van der Waals surface area (Å²) in [4.78, 5) is 12.8. The number of rotatable bonds is 7. The van der Waals surface area contributed by atoms with Gasteiger partial charge < -0.3 is 4.74 Å². The number of hydrogen-bond acceptors (Lipinski definition) is 4. The molecule has 1 atom stereocenters. The van der Waals surface area contributed by atoms with Crippen molar-refractivity contribution >= 4 is 16.8 Å². The van der Waals surface area contributed by atoms with Gasteiger partial charge in [-0.25, -0.2) is 0 Å². The van der Waals surface area contributed by atoms with Crippen LogP contribution in [0, 0.1) is 0 Å². The molecule has 1 aromatic heterocycles. The summed E-state index contributed by atoms with van der Waals surface area (Å²) in [5.41, 5.74) is 4.87. The smallest absolute Gasteiger partial charge is 0.327 e. The molecule has 6 heteroatoms. The molecule has 0 saturated heterocycles. The largest absolute Gasteiger partial charge is 0.465 e. The van der Waals surface area contributed by atoms with E-state index in [-0.39, 0.29) is 18.4 Å². The molecule has 29 heavy (non-hydrogen) atoms. The Kier molecular flexibility index (Phi) is 6.64. The van der Waals surface area contributed by atoms with Crippen LogP contribution >= 0.6 is 0 Å². The van der Waals surface area contributed by atoms with Crippen LogP contribution in [-0.2, 0) is 26.9 Å². The fourth-order valence-corrected chi connectivity index (χ4v) is 3.65. The van der Waals surface area contributed by atoms with Crippen molar-refractivity contribution in [1.82, 2.24) is 9.78 Å². The quantitative estimate of drug-likeness (QED) is 0.532. The predicted octanol–water partition coefficient (Wildman–Crippen LogP) is 4.64. The molecular formula is C23H26N2O3S. The SMILES string of the molecule is CCOC(=O)Cn1nc(C(C)C)cc1-c1ccc(-c2cccc(S(C)=O)c2)cc1. The van der Waals surface area contributed by atoms with Crippen molar-refractivity contribution in [3.63, 3.8) is 0 Å². The zero-order chi connectivity index (χ0) is 21.0. The predicted molar refractivity (Wildman–Crippen MR) is 116 cm³/mol. The van der Waals surface area contributed by atoms with Crippen LogP contribution in [0.3, 0.4) is 0 Å². The molecule has 1 unspecified atom stereocenters. The topological polar surface area (TPSA) is 61.2 Å². The van der Waals surface area contributed by atoms with Gasteiger partial charge >= 0.3 is 5.97 Å². The second-order valence-electron chi connectivity index (χ2n) is 7.13. The van der Waals surface area contributed by atoms with Gasteiger partial charge in [0.1, 0.15) is 6.54 Å². The molecule has 3 rings (SSSR count). The van der Waals surface area contributed by atoms with Gasteiger partial charge in [-0.05, 0) is 47.7 Å². The van der Waals surface area contributed by atoms with Gasteiger partial charge in [-0.1, -0.05) is 50.2 Å². The number of aromatic nitrogens is 2. The first-order valence-electron chi connectivity index (χ1n) is 9.66. The average molecular weight is 411 g/mol. The summed E-state index contributed by atoms with van der Waals surface area (Å²) in [5, 5.41) is 4.60. The Morgan fingerprint density at radius 1 is 1.07 bits per heavy atom. The van der Waals surface area contributed by atoms with Crippen LogP contribution < -0.4 is 0 Å². The number of benzene rings is 2. The lowest BCUT2D eigenvalue weighted by atomic mass is 10.0. The minimum atomic E-state index is -1.02. The van der Waals surface area contributed by atoms with Gasteiger partial charge in [0.2, 0.25) is 0 Å². The third kappa shape index (κ3) is 5.01. The van der Waals surface area contributed by atoms with Gasteiger partial charge in [0.05, 0.1) is 18.0 Å². The molecule has 0 fully saturated rings. The summed E-state index contributed by atoms with van der Waals surface area (Å²) >= 11 is 0. The highest BCUT2D eigenvalue weighted by atomic mass is 32.2. The van der Waals surface area contributed by atoms with E-state index >= 15 is 0 Å². The summed E-state index contributed by atoms with van der Waals surface area (Å²) < 4.78 is 18.6. The number of ether oxygens (including phenoxy) is 1. The molecule has 5 nitrogen and oxygen atoms in total. The van der Waals surface area contributed by atoms with E-state index in [2.05, 4.69) is 18.9 Å². The van der Waals surface area contributed by atoms with Gasteiger partial charge in [-0.2, -0.15) is 5.10 Å². The Bertz CT molecular complexity index is 1020. The molecule has 0 aliphatic rings. The normalized spacial score (nSPS) is 12.2.